The van der Waals surface area contributed by atoms with Gasteiger partial charge in [0.25, 0.3) is 11.4 Å². The second kappa shape index (κ2) is 8.75. The highest BCUT2D eigenvalue weighted by Gasteiger charge is 2.33. The summed E-state index contributed by atoms with van der Waals surface area (Å²) in [5, 5.41) is 35.3. The Labute approximate surface area is 193 Å². The van der Waals surface area contributed by atoms with Gasteiger partial charge in [-0.2, -0.15) is 9.40 Å². The lowest BCUT2D eigenvalue weighted by atomic mass is 10.1. The number of nitrogens with zero attached hydrogens (tertiary/aromatic N) is 8. The summed E-state index contributed by atoms with van der Waals surface area (Å²) in [5.41, 5.74) is -0.596. The molecule has 0 saturated carbocycles. The van der Waals surface area contributed by atoms with Gasteiger partial charge >= 0.3 is 0 Å². The molecule has 2 aromatic heterocycles. The number of piperazine rings is 1. The Bertz CT molecular complexity index is 1330. The normalized spacial score (nSPS) is 14.8. The van der Waals surface area contributed by atoms with Gasteiger partial charge in [-0.3, -0.25) is 20.2 Å². The summed E-state index contributed by atoms with van der Waals surface area (Å²) in [4.78, 5) is 22.4. The van der Waals surface area contributed by atoms with E-state index in [2.05, 4.69) is 15.3 Å². The summed E-state index contributed by atoms with van der Waals surface area (Å²) in [7, 11) is -4.19. The van der Waals surface area contributed by atoms with E-state index in [0.717, 1.165) is 22.1 Å². The fourth-order valence-corrected chi connectivity index (χ4v) is 5.11. The third-order valence-corrected chi connectivity index (χ3v) is 7.39. The second-order valence-corrected chi connectivity index (χ2v) is 9.58. The molecule has 0 radical (unpaired) electrons. The lowest BCUT2D eigenvalue weighted by molar-refractivity contribution is -0.395. The summed E-state index contributed by atoms with van der Waals surface area (Å²) >= 11 is 0. The van der Waals surface area contributed by atoms with Crippen molar-refractivity contribution in [2.45, 2.75) is 18.7 Å². The molecule has 0 bridgehead atoms. The number of benzene rings is 1. The van der Waals surface area contributed by atoms with Gasteiger partial charge in [0.1, 0.15) is 5.56 Å². The summed E-state index contributed by atoms with van der Waals surface area (Å²) in [5.74, 6) is 1.10. The fourth-order valence-electron chi connectivity index (χ4n) is 3.65. The standard InChI is InChI=1S/C19H20N8O6S/c1-13-5-6-25(22-13)19-4-3-18(20-21-19)23-7-9-24(10-8-23)34(32,33)15-11-16(26(28)29)14(2)17(12-15)27(30)31/h3-6,11-12H,7-10H2,1-2H3. The van der Waals surface area contributed by atoms with Crippen LogP contribution in [-0.4, -0.2) is 68.7 Å². The number of rotatable bonds is 6. The molecule has 3 heterocycles. The topological polar surface area (TPSA) is 170 Å². The highest BCUT2D eigenvalue weighted by Crippen LogP contribution is 2.33. The Hall–Kier alpha value is -3.98. The molecule has 1 saturated heterocycles. The van der Waals surface area contributed by atoms with Crippen LogP contribution in [0.1, 0.15) is 11.3 Å². The van der Waals surface area contributed by atoms with Crippen LogP contribution in [0.2, 0.25) is 0 Å². The molecule has 0 spiro atoms. The molecular formula is C19H20N8O6S. The molecule has 0 unspecified atom stereocenters. The van der Waals surface area contributed by atoms with Gasteiger partial charge < -0.3 is 4.90 Å². The van der Waals surface area contributed by atoms with Gasteiger partial charge in [0.05, 0.1) is 20.4 Å². The Morgan fingerprint density at radius 3 is 1.91 bits per heavy atom. The molecule has 15 heteroatoms. The number of sulfonamides is 1. The van der Waals surface area contributed by atoms with Crippen molar-refractivity contribution in [1.82, 2.24) is 24.3 Å². The van der Waals surface area contributed by atoms with E-state index in [1.165, 1.54) is 6.92 Å². The average molecular weight is 488 g/mol. The number of hydrogen-bond acceptors (Lipinski definition) is 10. The molecule has 4 rings (SSSR count). The second-order valence-electron chi connectivity index (χ2n) is 7.64. The van der Waals surface area contributed by atoms with Crippen molar-refractivity contribution in [3.05, 3.63) is 68.0 Å². The molecule has 0 amide bonds. The SMILES string of the molecule is Cc1ccn(-c2ccc(N3CCN(S(=O)(=O)c4cc([N+](=O)[O-])c(C)c([N+](=O)[O-])c4)CC3)nn2)n1. The molecule has 0 aliphatic carbocycles. The van der Waals surface area contributed by atoms with Gasteiger partial charge in [0.2, 0.25) is 10.0 Å². The molecule has 34 heavy (non-hydrogen) atoms. The van der Waals surface area contributed by atoms with Gasteiger partial charge in [0.15, 0.2) is 11.6 Å². The van der Waals surface area contributed by atoms with E-state index in [1.807, 2.05) is 17.9 Å². The van der Waals surface area contributed by atoms with Crippen molar-refractivity contribution in [2.75, 3.05) is 31.1 Å². The van der Waals surface area contributed by atoms with Gasteiger partial charge in [0, 0.05) is 44.5 Å². The number of aryl methyl sites for hydroxylation is 1. The van der Waals surface area contributed by atoms with E-state index in [1.54, 1.807) is 23.0 Å². The van der Waals surface area contributed by atoms with Crippen LogP contribution in [0.25, 0.3) is 5.82 Å². The Morgan fingerprint density at radius 1 is 0.882 bits per heavy atom. The largest absolute Gasteiger partial charge is 0.352 e. The molecule has 0 atom stereocenters. The van der Waals surface area contributed by atoms with Gasteiger partial charge in [-0.15, -0.1) is 10.2 Å². The maximum absolute atomic E-state index is 13.1. The van der Waals surface area contributed by atoms with Crippen LogP contribution in [-0.2, 0) is 10.0 Å². The minimum Gasteiger partial charge on any atom is -0.352 e. The van der Waals surface area contributed by atoms with Crippen LogP contribution in [0, 0.1) is 34.1 Å². The summed E-state index contributed by atoms with van der Waals surface area (Å²) < 4.78 is 29.0. The zero-order chi connectivity index (χ0) is 24.6. The zero-order valence-electron chi connectivity index (χ0n) is 18.2. The van der Waals surface area contributed by atoms with Crippen molar-refractivity contribution in [3.8, 4) is 5.82 Å². The van der Waals surface area contributed by atoms with Crippen LogP contribution in [0.15, 0.2) is 41.4 Å². The quantitative estimate of drug-likeness (QED) is 0.367. The Kier molecular flexibility index (Phi) is 5.97. The first-order valence-electron chi connectivity index (χ1n) is 10.1. The van der Waals surface area contributed by atoms with Gasteiger partial charge in [-0.25, -0.2) is 13.1 Å². The predicted molar refractivity (Wildman–Crippen MR) is 119 cm³/mol. The molecule has 1 fully saturated rings. The monoisotopic (exact) mass is 488 g/mol. The molecule has 1 aromatic carbocycles. The van der Waals surface area contributed by atoms with E-state index in [-0.39, 0.29) is 18.7 Å². The average Bonchev–Trinajstić information content (AvgIpc) is 3.25. The fraction of sp³-hybridized carbons (Fsp3) is 0.316. The first kappa shape index (κ1) is 23.2. The number of nitro groups is 2. The smallest absolute Gasteiger partial charge is 0.280 e. The molecule has 1 aliphatic heterocycles. The summed E-state index contributed by atoms with van der Waals surface area (Å²) in [6, 6.07) is 7.08. The van der Waals surface area contributed by atoms with Crippen molar-refractivity contribution in [1.29, 1.82) is 0 Å². The van der Waals surface area contributed by atoms with Crippen molar-refractivity contribution >= 4 is 27.2 Å². The summed E-state index contributed by atoms with van der Waals surface area (Å²) in [6.07, 6.45) is 1.77. The highest BCUT2D eigenvalue weighted by atomic mass is 32.2. The number of anilines is 1. The van der Waals surface area contributed by atoms with E-state index in [4.69, 9.17) is 0 Å². The predicted octanol–water partition coefficient (Wildman–Crippen LogP) is 1.61. The highest BCUT2D eigenvalue weighted by molar-refractivity contribution is 7.89. The number of aromatic nitrogens is 4. The first-order chi connectivity index (χ1) is 16.1. The molecule has 14 nitrogen and oxygen atoms in total. The Balaban J connectivity index is 1.52. The lowest BCUT2D eigenvalue weighted by Crippen LogP contribution is -2.49. The first-order valence-corrected chi connectivity index (χ1v) is 11.6. The number of nitro benzene ring substituents is 2. The van der Waals surface area contributed by atoms with Crippen molar-refractivity contribution in [2.24, 2.45) is 0 Å². The van der Waals surface area contributed by atoms with E-state index >= 15 is 0 Å². The third kappa shape index (κ3) is 4.29. The van der Waals surface area contributed by atoms with Crippen LogP contribution >= 0.6 is 0 Å². The molecule has 3 aromatic rings. The minimum atomic E-state index is -4.19. The number of hydrogen-bond donors (Lipinski definition) is 0. The molecular weight excluding hydrogens is 468 g/mol. The van der Waals surface area contributed by atoms with Gasteiger partial charge in [-0.05, 0) is 32.0 Å². The Morgan fingerprint density at radius 2 is 1.44 bits per heavy atom. The van der Waals surface area contributed by atoms with Crippen LogP contribution in [0.3, 0.4) is 0 Å². The maximum atomic E-state index is 13.1. The summed E-state index contributed by atoms with van der Waals surface area (Å²) in [6.45, 7) is 3.80. The van der Waals surface area contributed by atoms with Crippen LogP contribution in [0.5, 0.6) is 0 Å². The van der Waals surface area contributed by atoms with Crippen molar-refractivity contribution in [3.63, 3.8) is 0 Å². The van der Waals surface area contributed by atoms with Crippen LogP contribution in [0.4, 0.5) is 17.2 Å². The maximum Gasteiger partial charge on any atom is 0.280 e. The third-order valence-electron chi connectivity index (χ3n) is 5.51. The zero-order valence-corrected chi connectivity index (χ0v) is 19.0. The van der Waals surface area contributed by atoms with Crippen LogP contribution < -0.4 is 4.90 Å². The minimum absolute atomic E-state index is 0.0690. The lowest BCUT2D eigenvalue weighted by Gasteiger charge is -2.34. The van der Waals surface area contributed by atoms with E-state index < -0.39 is 36.1 Å². The van der Waals surface area contributed by atoms with E-state index in [9.17, 15) is 28.6 Å². The molecule has 1 aliphatic rings. The molecule has 0 N–H and O–H groups in total. The van der Waals surface area contributed by atoms with Crippen molar-refractivity contribution < 1.29 is 18.3 Å². The molecule has 178 valence electrons. The van der Waals surface area contributed by atoms with E-state index in [0.29, 0.717) is 24.7 Å². The van der Waals surface area contributed by atoms with Gasteiger partial charge in [-0.1, -0.05) is 0 Å².